The third kappa shape index (κ3) is 3.52. The summed E-state index contributed by atoms with van der Waals surface area (Å²) in [6.45, 7) is 3.06. The standard InChI is InChI=1S/C13H15N3O3S/c1-9-15-11(8-20-9)7-14-6-10-5-12(16(17)18)3-4-13(10)19-2/h3-5,8,14H,6-7H2,1-2H3. The number of nitrogens with zero attached hydrogens (tertiary/aromatic N) is 2. The minimum Gasteiger partial charge on any atom is -0.496 e. The molecule has 2 aromatic rings. The molecule has 0 atom stereocenters. The Bertz CT molecular complexity index is 613. The summed E-state index contributed by atoms with van der Waals surface area (Å²) in [4.78, 5) is 14.7. The van der Waals surface area contributed by atoms with Crippen LogP contribution in [0.4, 0.5) is 5.69 Å². The number of nitrogens with one attached hydrogen (secondary N) is 1. The summed E-state index contributed by atoms with van der Waals surface area (Å²) < 4.78 is 5.21. The van der Waals surface area contributed by atoms with Crippen LogP contribution in [0, 0.1) is 17.0 Å². The zero-order valence-electron chi connectivity index (χ0n) is 11.3. The third-order valence-corrected chi connectivity index (χ3v) is 3.59. The van der Waals surface area contributed by atoms with Crippen LogP contribution in [0.5, 0.6) is 5.75 Å². The molecule has 1 aromatic carbocycles. The summed E-state index contributed by atoms with van der Waals surface area (Å²) in [5, 5.41) is 17.0. The van der Waals surface area contributed by atoms with Gasteiger partial charge in [-0.2, -0.15) is 0 Å². The fraction of sp³-hybridized carbons (Fsp3) is 0.308. The van der Waals surface area contributed by atoms with E-state index in [0.717, 1.165) is 16.3 Å². The molecule has 0 fully saturated rings. The van der Waals surface area contributed by atoms with Gasteiger partial charge in [-0.1, -0.05) is 0 Å². The highest BCUT2D eigenvalue weighted by Crippen LogP contribution is 2.23. The zero-order valence-corrected chi connectivity index (χ0v) is 12.1. The number of hydrogen-bond donors (Lipinski definition) is 1. The average Bonchev–Trinajstić information content (AvgIpc) is 2.84. The highest BCUT2D eigenvalue weighted by atomic mass is 32.1. The fourth-order valence-electron chi connectivity index (χ4n) is 1.83. The first kappa shape index (κ1) is 14.4. The van der Waals surface area contributed by atoms with Gasteiger partial charge in [0.15, 0.2) is 0 Å². The summed E-state index contributed by atoms with van der Waals surface area (Å²) >= 11 is 1.60. The summed E-state index contributed by atoms with van der Waals surface area (Å²) in [5.74, 6) is 0.637. The van der Waals surface area contributed by atoms with E-state index in [4.69, 9.17) is 4.74 Å². The molecule has 0 spiro atoms. The van der Waals surface area contributed by atoms with Gasteiger partial charge in [0, 0.05) is 36.2 Å². The molecule has 0 amide bonds. The summed E-state index contributed by atoms with van der Waals surface area (Å²) in [7, 11) is 1.55. The van der Waals surface area contributed by atoms with Crippen molar-refractivity contribution < 1.29 is 9.66 Å². The third-order valence-electron chi connectivity index (χ3n) is 2.76. The lowest BCUT2D eigenvalue weighted by Crippen LogP contribution is -2.13. The Morgan fingerprint density at radius 1 is 1.45 bits per heavy atom. The van der Waals surface area contributed by atoms with E-state index >= 15 is 0 Å². The number of non-ortho nitro benzene ring substituents is 1. The van der Waals surface area contributed by atoms with Crippen molar-refractivity contribution in [3.8, 4) is 5.75 Å². The maximum absolute atomic E-state index is 10.8. The molecule has 6 nitrogen and oxygen atoms in total. The van der Waals surface area contributed by atoms with Crippen molar-refractivity contribution in [2.45, 2.75) is 20.0 Å². The van der Waals surface area contributed by atoms with Crippen molar-refractivity contribution in [3.63, 3.8) is 0 Å². The number of nitro groups is 1. The van der Waals surface area contributed by atoms with Crippen LogP contribution in [-0.4, -0.2) is 17.0 Å². The van der Waals surface area contributed by atoms with Gasteiger partial charge < -0.3 is 10.1 Å². The molecule has 0 saturated heterocycles. The van der Waals surface area contributed by atoms with Crippen molar-refractivity contribution in [1.29, 1.82) is 0 Å². The highest BCUT2D eigenvalue weighted by Gasteiger charge is 2.11. The van der Waals surface area contributed by atoms with Crippen molar-refractivity contribution in [3.05, 3.63) is 50.0 Å². The SMILES string of the molecule is COc1ccc([N+](=O)[O-])cc1CNCc1csc(C)n1. The lowest BCUT2D eigenvalue weighted by molar-refractivity contribution is -0.384. The second-order valence-corrected chi connectivity index (χ2v) is 5.28. The number of methoxy groups -OCH3 is 1. The van der Waals surface area contributed by atoms with Crippen molar-refractivity contribution >= 4 is 17.0 Å². The van der Waals surface area contributed by atoms with Gasteiger partial charge in [-0.3, -0.25) is 10.1 Å². The molecule has 0 bridgehead atoms. The van der Waals surface area contributed by atoms with Gasteiger partial charge in [0.05, 0.1) is 22.7 Å². The number of thiazole rings is 1. The monoisotopic (exact) mass is 293 g/mol. The van der Waals surface area contributed by atoms with Gasteiger partial charge in [-0.05, 0) is 13.0 Å². The second kappa shape index (κ2) is 6.44. The van der Waals surface area contributed by atoms with Gasteiger partial charge in [-0.25, -0.2) is 4.98 Å². The molecule has 0 unspecified atom stereocenters. The van der Waals surface area contributed by atoms with Gasteiger partial charge in [0.1, 0.15) is 5.75 Å². The summed E-state index contributed by atoms with van der Waals surface area (Å²) in [6.07, 6.45) is 0. The first-order valence-corrected chi connectivity index (χ1v) is 6.91. The van der Waals surface area contributed by atoms with Gasteiger partial charge >= 0.3 is 0 Å². The molecular weight excluding hydrogens is 278 g/mol. The average molecular weight is 293 g/mol. The van der Waals surface area contributed by atoms with Crippen LogP contribution >= 0.6 is 11.3 Å². The molecule has 1 N–H and O–H groups in total. The minimum atomic E-state index is -0.410. The van der Waals surface area contributed by atoms with E-state index in [2.05, 4.69) is 10.3 Å². The molecular formula is C13H15N3O3S. The Labute approximate surface area is 120 Å². The molecule has 0 aliphatic carbocycles. The van der Waals surface area contributed by atoms with Crippen LogP contribution in [-0.2, 0) is 13.1 Å². The Hall–Kier alpha value is -1.99. The van der Waals surface area contributed by atoms with Crippen LogP contribution in [0.15, 0.2) is 23.6 Å². The topological polar surface area (TPSA) is 77.3 Å². The number of aromatic nitrogens is 1. The molecule has 1 aromatic heterocycles. The lowest BCUT2D eigenvalue weighted by atomic mass is 10.1. The summed E-state index contributed by atoms with van der Waals surface area (Å²) in [5.41, 5.74) is 1.79. The van der Waals surface area contributed by atoms with Crippen LogP contribution in [0.1, 0.15) is 16.3 Å². The van der Waals surface area contributed by atoms with E-state index < -0.39 is 4.92 Å². The van der Waals surface area contributed by atoms with Crippen molar-refractivity contribution in [2.75, 3.05) is 7.11 Å². The lowest BCUT2D eigenvalue weighted by Gasteiger charge is -2.08. The predicted molar refractivity (Wildman–Crippen MR) is 77.0 cm³/mol. The molecule has 2 rings (SSSR count). The van der Waals surface area contributed by atoms with E-state index in [9.17, 15) is 10.1 Å². The first-order valence-electron chi connectivity index (χ1n) is 6.03. The minimum absolute atomic E-state index is 0.0621. The van der Waals surface area contributed by atoms with E-state index in [0.29, 0.717) is 18.8 Å². The number of ether oxygens (including phenoxy) is 1. The normalized spacial score (nSPS) is 10.5. The first-order chi connectivity index (χ1) is 9.60. The molecule has 0 aliphatic rings. The Balaban J connectivity index is 2.03. The van der Waals surface area contributed by atoms with E-state index in [1.165, 1.54) is 12.1 Å². The second-order valence-electron chi connectivity index (χ2n) is 4.21. The van der Waals surface area contributed by atoms with Gasteiger partial charge in [-0.15, -0.1) is 11.3 Å². The van der Waals surface area contributed by atoms with Crippen LogP contribution < -0.4 is 10.1 Å². The molecule has 0 aliphatic heterocycles. The number of nitro benzene ring substituents is 1. The quantitative estimate of drug-likeness (QED) is 0.654. The largest absolute Gasteiger partial charge is 0.496 e. The van der Waals surface area contributed by atoms with Crippen molar-refractivity contribution in [2.24, 2.45) is 0 Å². The number of hydrogen-bond acceptors (Lipinski definition) is 6. The van der Waals surface area contributed by atoms with E-state index in [1.807, 2.05) is 12.3 Å². The van der Waals surface area contributed by atoms with Gasteiger partial charge in [0.25, 0.3) is 5.69 Å². The van der Waals surface area contributed by atoms with Gasteiger partial charge in [0.2, 0.25) is 0 Å². The summed E-state index contributed by atoms with van der Waals surface area (Å²) in [6, 6.07) is 4.58. The smallest absolute Gasteiger partial charge is 0.270 e. The Morgan fingerprint density at radius 3 is 2.85 bits per heavy atom. The number of benzene rings is 1. The molecule has 7 heteroatoms. The number of aryl methyl sites for hydroxylation is 1. The maximum atomic E-state index is 10.8. The zero-order chi connectivity index (χ0) is 14.5. The fourth-order valence-corrected chi connectivity index (χ4v) is 2.44. The number of rotatable bonds is 6. The Kier molecular flexibility index (Phi) is 4.65. The molecule has 0 radical (unpaired) electrons. The molecule has 106 valence electrons. The molecule has 1 heterocycles. The van der Waals surface area contributed by atoms with E-state index in [-0.39, 0.29) is 5.69 Å². The molecule has 0 saturated carbocycles. The highest BCUT2D eigenvalue weighted by molar-refractivity contribution is 7.09. The van der Waals surface area contributed by atoms with Crippen molar-refractivity contribution in [1.82, 2.24) is 10.3 Å². The molecule has 20 heavy (non-hydrogen) atoms. The van der Waals surface area contributed by atoms with E-state index in [1.54, 1.807) is 24.5 Å². The van der Waals surface area contributed by atoms with Crippen LogP contribution in [0.25, 0.3) is 0 Å². The van der Waals surface area contributed by atoms with Crippen LogP contribution in [0.2, 0.25) is 0 Å². The predicted octanol–water partition coefficient (Wildman–Crippen LogP) is 2.66. The van der Waals surface area contributed by atoms with Crippen LogP contribution in [0.3, 0.4) is 0 Å². The Morgan fingerprint density at radius 2 is 2.25 bits per heavy atom. The maximum Gasteiger partial charge on any atom is 0.270 e.